The van der Waals surface area contributed by atoms with Gasteiger partial charge in [-0.3, -0.25) is 0 Å². The molecule has 126 valence electrons. The zero-order valence-electron chi connectivity index (χ0n) is 13.9. The first-order valence-corrected chi connectivity index (χ1v) is 8.46. The second-order valence-corrected chi connectivity index (χ2v) is 6.21. The molecule has 2 N–H and O–H groups in total. The molecule has 0 unspecified atom stereocenters. The van der Waals surface area contributed by atoms with Gasteiger partial charge in [-0.25, -0.2) is 9.97 Å². The van der Waals surface area contributed by atoms with Crippen molar-refractivity contribution in [2.45, 2.75) is 13.8 Å². The third-order valence-corrected chi connectivity index (χ3v) is 4.31. The average Bonchev–Trinajstić information content (AvgIpc) is 3.05. The first-order valence-electron chi connectivity index (χ1n) is 8.08. The van der Waals surface area contributed by atoms with Gasteiger partial charge in [-0.1, -0.05) is 11.6 Å². The summed E-state index contributed by atoms with van der Waals surface area (Å²) in [5.41, 5.74) is 5.64. The Balaban J connectivity index is 1.83. The van der Waals surface area contributed by atoms with E-state index >= 15 is 0 Å². The predicted molar refractivity (Wildman–Crippen MR) is 102 cm³/mol. The molecule has 25 heavy (non-hydrogen) atoms. The lowest BCUT2D eigenvalue weighted by Crippen LogP contribution is -1.97. The van der Waals surface area contributed by atoms with Crippen LogP contribution < -0.4 is 10.1 Å². The Hall–Kier alpha value is -2.79. The number of aryl methyl sites for hydroxylation is 1. The fourth-order valence-corrected chi connectivity index (χ4v) is 3.22. The van der Waals surface area contributed by atoms with Gasteiger partial charge in [0.1, 0.15) is 17.6 Å². The van der Waals surface area contributed by atoms with E-state index in [0.717, 1.165) is 39.0 Å². The number of halogens is 1. The monoisotopic (exact) mass is 352 g/mol. The molecule has 2 aromatic heterocycles. The van der Waals surface area contributed by atoms with E-state index in [-0.39, 0.29) is 0 Å². The Bertz CT molecular complexity index is 1070. The van der Waals surface area contributed by atoms with Crippen LogP contribution in [0.25, 0.3) is 21.9 Å². The van der Waals surface area contributed by atoms with Crippen LogP contribution in [-0.4, -0.2) is 21.6 Å². The maximum atomic E-state index is 6.31. The van der Waals surface area contributed by atoms with Crippen molar-refractivity contribution < 1.29 is 4.74 Å². The standard InChI is InChI=1S/C19H17ClN4O/c1-3-25-17-7-4-12(9-13(17)20)24-16-8-11(2)23-14-5-6-15-19(18(14)16)22-10-21-15/h4-10,23-24H,3H2,1-2H3. The van der Waals surface area contributed by atoms with Gasteiger partial charge in [0, 0.05) is 22.3 Å². The van der Waals surface area contributed by atoms with Gasteiger partial charge in [-0.2, -0.15) is 0 Å². The van der Waals surface area contributed by atoms with Crippen molar-refractivity contribution in [1.29, 1.82) is 0 Å². The summed E-state index contributed by atoms with van der Waals surface area (Å²) in [5, 5.41) is 5.03. The van der Waals surface area contributed by atoms with Crippen LogP contribution in [0.2, 0.25) is 5.02 Å². The van der Waals surface area contributed by atoms with Gasteiger partial charge in [0.15, 0.2) is 0 Å². The lowest BCUT2D eigenvalue weighted by atomic mass is 10.1. The molecule has 0 aliphatic heterocycles. The molecule has 0 saturated carbocycles. The number of aromatic nitrogens is 3. The summed E-state index contributed by atoms with van der Waals surface area (Å²) in [6.45, 7) is 4.54. The first kappa shape index (κ1) is 15.7. The molecule has 0 atom stereocenters. The number of aromatic amines is 1. The summed E-state index contributed by atoms with van der Waals surface area (Å²) in [7, 11) is 0. The van der Waals surface area contributed by atoms with Crippen molar-refractivity contribution in [2.75, 3.05) is 11.9 Å². The van der Waals surface area contributed by atoms with E-state index < -0.39 is 0 Å². The molecule has 0 saturated heterocycles. The zero-order chi connectivity index (χ0) is 17.4. The fourth-order valence-electron chi connectivity index (χ4n) is 2.98. The second kappa shape index (κ2) is 6.26. The largest absolute Gasteiger partial charge is 0.492 e. The molecule has 4 aromatic rings. The zero-order valence-corrected chi connectivity index (χ0v) is 14.7. The topological polar surface area (TPSA) is 62.8 Å². The van der Waals surface area contributed by atoms with Gasteiger partial charge in [-0.05, 0) is 50.2 Å². The van der Waals surface area contributed by atoms with Crippen LogP contribution in [0.4, 0.5) is 11.4 Å². The normalized spacial score (nSPS) is 11.2. The van der Waals surface area contributed by atoms with Crippen LogP contribution in [0.3, 0.4) is 0 Å². The minimum atomic E-state index is 0.577. The van der Waals surface area contributed by atoms with Crippen LogP contribution in [0.5, 0.6) is 5.75 Å². The summed E-state index contributed by atoms with van der Waals surface area (Å²) < 4.78 is 5.50. The molecule has 2 heterocycles. The van der Waals surface area contributed by atoms with Crippen molar-refractivity contribution in [2.24, 2.45) is 0 Å². The van der Waals surface area contributed by atoms with Gasteiger partial charge in [-0.15, -0.1) is 0 Å². The molecule has 4 rings (SSSR count). The predicted octanol–water partition coefficient (Wildman–Crippen LogP) is 5.22. The van der Waals surface area contributed by atoms with Crippen molar-refractivity contribution >= 4 is 44.9 Å². The molecule has 6 heteroatoms. The smallest absolute Gasteiger partial charge is 0.138 e. The second-order valence-electron chi connectivity index (χ2n) is 5.80. The Kier molecular flexibility index (Phi) is 3.93. The summed E-state index contributed by atoms with van der Waals surface area (Å²) in [4.78, 5) is 12.1. The van der Waals surface area contributed by atoms with E-state index in [1.807, 2.05) is 44.2 Å². The third-order valence-electron chi connectivity index (χ3n) is 4.01. The number of rotatable bonds is 4. The van der Waals surface area contributed by atoms with E-state index in [1.54, 1.807) is 6.33 Å². The van der Waals surface area contributed by atoms with E-state index in [0.29, 0.717) is 17.4 Å². The maximum Gasteiger partial charge on any atom is 0.138 e. The number of hydrogen-bond donors (Lipinski definition) is 2. The van der Waals surface area contributed by atoms with Gasteiger partial charge >= 0.3 is 0 Å². The molecule has 5 nitrogen and oxygen atoms in total. The quantitative estimate of drug-likeness (QED) is 0.529. The Labute approximate surface area is 150 Å². The summed E-state index contributed by atoms with van der Waals surface area (Å²) >= 11 is 6.31. The molecule has 0 aliphatic carbocycles. The van der Waals surface area contributed by atoms with Crippen LogP contribution in [0.1, 0.15) is 12.6 Å². The van der Waals surface area contributed by atoms with Gasteiger partial charge < -0.3 is 15.0 Å². The highest BCUT2D eigenvalue weighted by Gasteiger charge is 2.11. The highest BCUT2D eigenvalue weighted by Crippen LogP contribution is 2.34. The number of nitrogens with one attached hydrogen (secondary N) is 2. The molecule has 2 aromatic carbocycles. The minimum absolute atomic E-state index is 0.577. The number of imidazole rings is 1. The molecule has 0 fully saturated rings. The van der Waals surface area contributed by atoms with Crippen LogP contribution in [0, 0.1) is 6.92 Å². The van der Waals surface area contributed by atoms with Crippen molar-refractivity contribution in [1.82, 2.24) is 15.0 Å². The number of anilines is 2. The van der Waals surface area contributed by atoms with E-state index in [1.165, 1.54) is 0 Å². The lowest BCUT2D eigenvalue weighted by molar-refractivity contribution is 0.340. The van der Waals surface area contributed by atoms with E-state index in [9.17, 15) is 0 Å². The van der Waals surface area contributed by atoms with Gasteiger partial charge in [0.05, 0.1) is 22.8 Å². The number of ether oxygens (including phenoxy) is 1. The first-order chi connectivity index (χ1) is 12.2. The van der Waals surface area contributed by atoms with E-state index in [4.69, 9.17) is 16.3 Å². The Morgan fingerprint density at radius 1 is 1.16 bits per heavy atom. The van der Waals surface area contributed by atoms with Crippen molar-refractivity contribution in [3.63, 3.8) is 0 Å². The number of hydrogen-bond acceptors (Lipinski definition) is 4. The SMILES string of the molecule is CCOc1ccc(Nc2cc(C)[nH]c3ccc4ncnc4c23)cc1Cl. The minimum Gasteiger partial charge on any atom is -0.492 e. The summed E-state index contributed by atoms with van der Waals surface area (Å²) in [6.07, 6.45) is 1.58. The third kappa shape index (κ3) is 2.87. The van der Waals surface area contributed by atoms with Gasteiger partial charge in [0.2, 0.25) is 0 Å². The molecular weight excluding hydrogens is 336 g/mol. The van der Waals surface area contributed by atoms with E-state index in [2.05, 4.69) is 26.3 Å². The number of benzene rings is 2. The number of fused-ring (bicyclic) bond motifs is 3. The maximum absolute atomic E-state index is 6.31. The molecule has 0 radical (unpaired) electrons. The highest BCUT2D eigenvalue weighted by atomic mass is 35.5. The van der Waals surface area contributed by atoms with Crippen molar-refractivity contribution in [3.05, 3.63) is 53.4 Å². The molecule has 0 aliphatic rings. The number of nitrogens with zero attached hydrogens (tertiary/aromatic N) is 2. The Morgan fingerprint density at radius 2 is 2.04 bits per heavy atom. The van der Waals surface area contributed by atoms with Crippen molar-refractivity contribution in [3.8, 4) is 5.75 Å². The molecule has 0 bridgehead atoms. The average molecular weight is 353 g/mol. The lowest BCUT2D eigenvalue weighted by Gasteiger charge is -2.13. The Morgan fingerprint density at radius 3 is 2.84 bits per heavy atom. The van der Waals surface area contributed by atoms with Crippen LogP contribution >= 0.6 is 11.6 Å². The highest BCUT2D eigenvalue weighted by molar-refractivity contribution is 6.32. The molecule has 0 amide bonds. The van der Waals surface area contributed by atoms with Gasteiger partial charge in [0.25, 0.3) is 0 Å². The molecular formula is C19H17ClN4O. The van der Waals surface area contributed by atoms with Crippen LogP contribution in [0.15, 0.2) is 42.7 Å². The fraction of sp³-hybridized carbons (Fsp3) is 0.158. The number of H-pyrrole nitrogens is 1. The molecule has 0 spiro atoms. The summed E-state index contributed by atoms with van der Waals surface area (Å²) in [5.74, 6) is 0.682. The van der Waals surface area contributed by atoms with Crippen LogP contribution in [-0.2, 0) is 0 Å². The summed E-state index contributed by atoms with van der Waals surface area (Å²) in [6, 6.07) is 11.7. The number of pyridine rings is 1.